The Labute approximate surface area is 105 Å². The normalized spacial score (nSPS) is 11.5. The molecule has 0 bridgehead atoms. The molecule has 2 nitrogen and oxygen atoms in total. The minimum atomic E-state index is 0.183. The summed E-state index contributed by atoms with van der Waals surface area (Å²) in [4.78, 5) is 0. The summed E-state index contributed by atoms with van der Waals surface area (Å²) in [6.07, 6.45) is 2.24. The van der Waals surface area contributed by atoms with E-state index < -0.39 is 0 Å². The van der Waals surface area contributed by atoms with Crippen LogP contribution < -0.4 is 10.1 Å². The van der Waals surface area contributed by atoms with Gasteiger partial charge in [-0.3, -0.25) is 0 Å². The predicted octanol–water partition coefficient (Wildman–Crippen LogP) is 3.36. The quantitative estimate of drug-likeness (QED) is 0.782. The Morgan fingerprint density at radius 2 is 1.76 bits per heavy atom. The number of hydrogen-bond acceptors (Lipinski definition) is 2. The summed E-state index contributed by atoms with van der Waals surface area (Å²) < 4.78 is 5.51. The van der Waals surface area contributed by atoms with Gasteiger partial charge in [0.1, 0.15) is 5.75 Å². The molecule has 2 heteroatoms. The van der Waals surface area contributed by atoms with Crippen LogP contribution in [-0.4, -0.2) is 20.2 Å². The maximum Gasteiger partial charge on any atom is 0.122 e. The highest BCUT2D eigenvalue weighted by atomic mass is 16.5. The van der Waals surface area contributed by atoms with Gasteiger partial charge in [0.15, 0.2) is 0 Å². The third-order valence-electron chi connectivity index (χ3n) is 3.75. The smallest absolute Gasteiger partial charge is 0.122 e. The van der Waals surface area contributed by atoms with Crippen LogP contribution in [0.15, 0.2) is 24.3 Å². The van der Waals surface area contributed by atoms with Gasteiger partial charge in [0, 0.05) is 17.5 Å². The molecule has 0 aliphatic heterocycles. The fourth-order valence-corrected chi connectivity index (χ4v) is 2.42. The van der Waals surface area contributed by atoms with Gasteiger partial charge in [-0.2, -0.15) is 0 Å². The lowest BCUT2D eigenvalue weighted by Crippen LogP contribution is -2.37. The van der Waals surface area contributed by atoms with Gasteiger partial charge in [-0.15, -0.1) is 0 Å². The van der Waals surface area contributed by atoms with Crippen LogP contribution in [0.2, 0.25) is 0 Å². The first-order chi connectivity index (χ1) is 8.24. The van der Waals surface area contributed by atoms with Crippen molar-refractivity contribution >= 4 is 0 Å². The number of hydrogen-bond donors (Lipinski definition) is 1. The molecule has 1 aromatic rings. The third-order valence-corrected chi connectivity index (χ3v) is 3.75. The average Bonchev–Trinajstić information content (AvgIpc) is 2.41. The van der Waals surface area contributed by atoms with E-state index in [1.807, 2.05) is 6.07 Å². The van der Waals surface area contributed by atoms with Gasteiger partial charge in [0.25, 0.3) is 0 Å². The second-order valence-corrected chi connectivity index (χ2v) is 4.47. The Balaban J connectivity index is 3.11. The van der Waals surface area contributed by atoms with Gasteiger partial charge in [-0.1, -0.05) is 39.0 Å². The summed E-state index contributed by atoms with van der Waals surface area (Å²) in [6, 6.07) is 8.39. The number of methoxy groups -OCH3 is 1. The zero-order valence-electron chi connectivity index (χ0n) is 11.5. The highest BCUT2D eigenvalue weighted by molar-refractivity contribution is 5.40. The van der Waals surface area contributed by atoms with Crippen molar-refractivity contribution in [3.63, 3.8) is 0 Å². The number of ether oxygens (including phenoxy) is 1. The van der Waals surface area contributed by atoms with Crippen molar-refractivity contribution in [3.8, 4) is 5.75 Å². The third kappa shape index (κ3) is 3.01. The molecule has 17 heavy (non-hydrogen) atoms. The van der Waals surface area contributed by atoms with E-state index in [1.54, 1.807) is 7.11 Å². The Hall–Kier alpha value is -1.02. The molecular weight excluding hydrogens is 210 g/mol. The van der Waals surface area contributed by atoms with Crippen LogP contribution >= 0.6 is 0 Å². The molecule has 0 fully saturated rings. The molecule has 96 valence electrons. The van der Waals surface area contributed by atoms with Gasteiger partial charge in [-0.25, -0.2) is 0 Å². The van der Waals surface area contributed by atoms with Crippen molar-refractivity contribution in [1.29, 1.82) is 0 Å². The lowest BCUT2D eigenvalue weighted by molar-refractivity contribution is 0.342. The monoisotopic (exact) mass is 235 g/mol. The highest BCUT2D eigenvalue weighted by Gasteiger charge is 2.30. The lowest BCUT2D eigenvalue weighted by atomic mass is 9.75. The Bertz CT molecular complexity index is 331. The second kappa shape index (κ2) is 6.65. The predicted molar refractivity (Wildman–Crippen MR) is 73.8 cm³/mol. The molecule has 0 amide bonds. The molecular formula is C15H25NO. The second-order valence-electron chi connectivity index (χ2n) is 4.47. The molecule has 0 radical (unpaired) electrons. The molecule has 1 N–H and O–H groups in total. The average molecular weight is 235 g/mol. The minimum Gasteiger partial charge on any atom is -0.496 e. The fraction of sp³-hybridized carbons (Fsp3) is 0.600. The fourth-order valence-electron chi connectivity index (χ4n) is 2.42. The largest absolute Gasteiger partial charge is 0.496 e. The van der Waals surface area contributed by atoms with E-state index in [9.17, 15) is 0 Å². The van der Waals surface area contributed by atoms with Crippen molar-refractivity contribution < 1.29 is 4.74 Å². The molecule has 1 rings (SSSR count). The van der Waals surface area contributed by atoms with E-state index in [0.29, 0.717) is 0 Å². The van der Waals surface area contributed by atoms with Gasteiger partial charge in [0.05, 0.1) is 7.11 Å². The standard InChI is InChI=1S/C15H25NO/c1-5-15(6-2,12-16-7-3)13-10-8-9-11-14(13)17-4/h8-11,16H,5-7,12H2,1-4H3. The number of nitrogens with one attached hydrogen (secondary N) is 1. The minimum absolute atomic E-state index is 0.183. The lowest BCUT2D eigenvalue weighted by Gasteiger charge is -2.33. The van der Waals surface area contributed by atoms with E-state index in [4.69, 9.17) is 4.74 Å². The number of likely N-dealkylation sites (N-methyl/N-ethyl adjacent to an activating group) is 1. The van der Waals surface area contributed by atoms with Crippen LogP contribution in [0.25, 0.3) is 0 Å². The molecule has 0 unspecified atom stereocenters. The van der Waals surface area contributed by atoms with Crippen LogP contribution in [0, 0.1) is 0 Å². The highest BCUT2D eigenvalue weighted by Crippen LogP contribution is 2.36. The van der Waals surface area contributed by atoms with E-state index in [0.717, 1.165) is 31.7 Å². The Kier molecular flexibility index (Phi) is 5.49. The van der Waals surface area contributed by atoms with Gasteiger partial charge >= 0.3 is 0 Å². The van der Waals surface area contributed by atoms with Crippen molar-refractivity contribution in [2.75, 3.05) is 20.2 Å². The molecule has 0 saturated carbocycles. The zero-order valence-corrected chi connectivity index (χ0v) is 11.5. The van der Waals surface area contributed by atoms with Gasteiger partial charge in [0.2, 0.25) is 0 Å². The first-order valence-electron chi connectivity index (χ1n) is 6.58. The van der Waals surface area contributed by atoms with Crippen LogP contribution in [0.1, 0.15) is 39.2 Å². The van der Waals surface area contributed by atoms with E-state index in [-0.39, 0.29) is 5.41 Å². The molecule has 0 saturated heterocycles. The van der Waals surface area contributed by atoms with Crippen molar-refractivity contribution in [2.24, 2.45) is 0 Å². The van der Waals surface area contributed by atoms with E-state index >= 15 is 0 Å². The number of rotatable bonds is 7. The topological polar surface area (TPSA) is 21.3 Å². The molecule has 0 atom stereocenters. The van der Waals surface area contributed by atoms with Crippen molar-refractivity contribution in [3.05, 3.63) is 29.8 Å². The molecule has 0 spiro atoms. The van der Waals surface area contributed by atoms with Gasteiger partial charge in [-0.05, 0) is 25.5 Å². The molecule has 0 heterocycles. The summed E-state index contributed by atoms with van der Waals surface area (Å²) in [5.41, 5.74) is 1.51. The van der Waals surface area contributed by atoms with Gasteiger partial charge < -0.3 is 10.1 Å². The van der Waals surface area contributed by atoms with E-state index in [1.165, 1.54) is 5.56 Å². The maximum absolute atomic E-state index is 5.51. The summed E-state index contributed by atoms with van der Waals surface area (Å²) >= 11 is 0. The van der Waals surface area contributed by atoms with Crippen LogP contribution in [-0.2, 0) is 5.41 Å². The summed E-state index contributed by atoms with van der Waals surface area (Å²) in [7, 11) is 1.75. The number of para-hydroxylation sites is 1. The maximum atomic E-state index is 5.51. The molecule has 0 aliphatic rings. The molecule has 0 aromatic heterocycles. The van der Waals surface area contributed by atoms with E-state index in [2.05, 4.69) is 44.3 Å². The molecule has 1 aromatic carbocycles. The van der Waals surface area contributed by atoms with Crippen LogP contribution in [0.5, 0.6) is 5.75 Å². The summed E-state index contributed by atoms with van der Waals surface area (Å²) in [5, 5.41) is 3.49. The Morgan fingerprint density at radius 3 is 2.29 bits per heavy atom. The van der Waals surface area contributed by atoms with Crippen LogP contribution in [0.3, 0.4) is 0 Å². The summed E-state index contributed by atoms with van der Waals surface area (Å²) in [6.45, 7) is 8.69. The molecule has 0 aliphatic carbocycles. The summed E-state index contributed by atoms with van der Waals surface area (Å²) in [5.74, 6) is 1.01. The van der Waals surface area contributed by atoms with Crippen LogP contribution in [0.4, 0.5) is 0 Å². The zero-order chi connectivity index (χ0) is 12.7. The first kappa shape index (κ1) is 14.0. The SMILES string of the molecule is CCNCC(CC)(CC)c1ccccc1OC. The Morgan fingerprint density at radius 1 is 1.12 bits per heavy atom. The van der Waals surface area contributed by atoms with Crippen molar-refractivity contribution in [2.45, 2.75) is 39.0 Å². The first-order valence-corrected chi connectivity index (χ1v) is 6.58. The number of benzene rings is 1. The van der Waals surface area contributed by atoms with Crippen molar-refractivity contribution in [1.82, 2.24) is 5.32 Å².